The molecule has 0 unspecified atom stereocenters. The number of piperazine rings is 2. The number of rotatable bonds is 6. The molecule has 2 aromatic carbocycles. The van der Waals surface area contributed by atoms with Crippen LogP contribution in [-0.2, 0) is 0 Å². The van der Waals surface area contributed by atoms with Crippen molar-refractivity contribution in [2.75, 3.05) is 70.3 Å². The summed E-state index contributed by atoms with van der Waals surface area (Å²) in [6, 6.07) is 12.3. The second kappa shape index (κ2) is 13.7. The summed E-state index contributed by atoms with van der Waals surface area (Å²) in [4.78, 5) is 36.7. The highest BCUT2D eigenvalue weighted by Crippen LogP contribution is 2.31. The van der Waals surface area contributed by atoms with Crippen LogP contribution in [0.1, 0.15) is 27.1 Å². The van der Waals surface area contributed by atoms with Crippen molar-refractivity contribution in [1.82, 2.24) is 25.4 Å². The number of aromatic nitrogens is 1. The Morgan fingerprint density at radius 1 is 0.791 bits per heavy atom. The van der Waals surface area contributed by atoms with Gasteiger partial charge < -0.3 is 30.1 Å². The Morgan fingerprint density at radius 3 is 2.12 bits per heavy atom. The predicted octanol–water partition coefficient (Wildman–Crippen LogP) is 3.20. The van der Waals surface area contributed by atoms with Crippen molar-refractivity contribution < 1.29 is 23.1 Å². The highest BCUT2D eigenvalue weighted by molar-refractivity contribution is 5.97. The number of ether oxygens (including phenoxy) is 1. The number of nitrogens with one attached hydrogen (secondary N) is 2. The molecule has 3 saturated heterocycles. The maximum atomic E-state index is 14.5. The van der Waals surface area contributed by atoms with Gasteiger partial charge in [0, 0.05) is 81.9 Å². The molecule has 1 aromatic heterocycles. The number of carbonyl (C=O) groups is 2. The van der Waals surface area contributed by atoms with Gasteiger partial charge in [-0.15, -0.1) is 12.4 Å². The Hall–Kier alpha value is -3.80. The lowest BCUT2D eigenvalue weighted by atomic mass is 10.0. The topological polar surface area (TPSA) is 90.0 Å². The molecule has 3 aromatic rings. The fourth-order valence-corrected chi connectivity index (χ4v) is 5.67. The summed E-state index contributed by atoms with van der Waals surface area (Å²) >= 11 is 0. The number of benzene rings is 2. The summed E-state index contributed by atoms with van der Waals surface area (Å²) < 4.78 is 34.3. The van der Waals surface area contributed by atoms with Crippen LogP contribution in [0.5, 0.6) is 5.88 Å². The van der Waals surface area contributed by atoms with E-state index in [4.69, 9.17) is 4.74 Å². The van der Waals surface area contributed by atoms with E-state index in [0.29, 0.717) is 66.5 Å². The largest absolute Gasteiger partial charge is 0.473 e. The van der Waals surface area contributed by atoms with Crippen LogP contribution in [0.15, 0.2) is 54.7 Å². The van der Waals surface area contributed by atoms with E-state index in [0.717, 1.165) is 39.1 Å². The van der Waals surface area contributed by atoms with E-state index < -0.39 is 5.82 Å². The third-order valence-electron chi connectivity index (χ3n) is 8.01. The number of hydrogen-bond donors (Lipinski definition) is 2. The zero-order valence-electron chi connectivity index (χ0n) is 23.7. The molecule has 1 atom stereocenters. The molecule has 0 radical (unpaired) electrons. The Balaban J connectivity index is 0.00000368. The second-order valence-corrected chi connectivity index (χ2v) is 10.8. The first-order valence-electron chi connectivity index (χ1n) is 14.4. The van der Waals surface area contributed by atoms with Gasteiger partial charge in [0.15, 0.2) is 0 Å². The van der Waals surface area contributed by atoms with Crippen molar-refractivity contribution in [3.8, 4) is 17.0 Å². The number of halogens is 3. The summed E-state index contributed by atoms with van der Waals surface area (Å²) in [7, 11) is 0. The van der Waals surface area contributed by atoms with Crippen molar-refractivity contribution in [2.45, 2.75) is 12.5 Å². The number of nitrogens with zero attached hydrogens (tertiary/aromatic N) is 4. The van der Waals surface area contributed by atoms with Crippen molar-refractivity contribution >= 4 is 29.9 Å². The first-order chi connectivity index (χ1) is 20.4. The lowest BCUT2D eigenvalue weighted by Crippen LogP contribution is -2.50. The van der Waals surface area contributed by atoms with Gasteiger partial charge in [0.05, 0.1) is 5.56 Å². The molecule has 4 heterocycles. The summed E-state index contributed by atoms with van der Waals surface area (Å²) in [5, 5.41) is 6.53. The van der Waals surface area contributed by atoms with Gasteiger partial charge in [0.25, 0.3) is 11.8 Å². The molecule has 43 heavy (non-hydrogen) atoms. The van der Waals surface area contributed by atoms with Gasteiger partial charge in [0.2, 0.25) is 5.88 Å². The Labute approximate surface area is 255 Å². The zero-order valence-corrected chi connectivity index (χ0v) is 24.5. The number of pyridine rings is 1. The van der Waals surface area contributed by atoms with Crippen molar-refractivity contribution in [3.63, 3.8) is 0 Å². The minimum atomic E-state index is -0.440. The summed E-state index contributed by atoms with van der Waals surface area (Å²) in [6.45, 7) is 6.02. The molecule has 6 rings (SSSR count). The lowest BCUT2D eigenvalue weighted by Gasteiger charge is -2.35. The number of amides is 2. The van der Waals surface area contributed by atoms with Crippen LogP contribution in [0.25, 0.3) is 11.1 Å². The lowest BCUT2D eigenvalue weighted by molar-refractivity contribution is 0.0535. The first kappa shape index (κ1) is 30.7. The van der Waals surface area contributed by atoms with Gasteiger partial charge in [0.1, 0.15) is 17.7 Å². The maximum absolute atomic E-state index is 14.5. The van der Waals surface area contributed by atoms with Crippen LogP contribution in [0.2, 0.25) is 0 Å². The highest BCUT2D eigenvalue weighted by Gasteiger charge is 2.28. The van der Waals surface area contributed by atoms with E-state index in [-0.39, 0.29) is 36.1 Å². The first-order valence-corrected chi connectivity index (χ1v) is 14.4. The van der Waals surface area contributed by atoms with Gasteiger partial charge in [-0.1, -0.05) is 12.1 Å². The van der Waals surface area contributed by atoms with E-state index in [1.165, 1.54) is 30.5 Å². The second-order valence-electron chi connectivity index (χ2n) is 10.8. The monoisotopic (exact) mass is 612 g/mol. The SMILES string of the molecule is Cl.O=C(c1cc(F)cc(N2CCNCC2)c1)N1CCN(C(=O)c2cnc(O[C@H]3CCNC3)c(-c3ccc(F)cc3)c2)CC1. The number of carbonyl (C=O) groups excluding carboxylic acids is 2. The van der Waals surface area contributed by atoms with Crippen LogP contribution in [0.3, 0.4) is 0 Å². The average Bonchev–Trinajstić information content (AvgIpc) is 3.54. The Bertz CT molecular complexity index is 1440. The molecule has 0 spiro atoms. The summed E-state index contributed by atoms with van der Waals surface area (Å²) in [5.41, 5.74) is 2.72. The molecule has 3 aliphatic rings. The fourth-order valence-electron chi connectivity index (χ4n) is 5.67. The van der Waals surface area contributed by atoms with Crippen molar-refractivity contribution in [2.24, 2.45) is 0 Å². The van der Waals surface area contributed by atoms with Crippen LogP contribution in [0, 0.1) is 11.6 Å². The van der Waals surface area contributed by atoms with E-state index in [1.54, 1.807) is 34.1 Å². The van der Waals surface area contributed by atoms with Crippen molar-refractivity contribution in [3.05, 3.63) is 77.5 Å². The van der Waals surface area contributed by atoms with Gasteiger partial charge >= 0.3 is 0 Å². The van der Waals surface area contributed by atoms with Gasteiger partial charge in [-0.3, -0.25) is 9.59 Å². The Morgan fingerprint density at radius 2 is 1.47 bits per heavy atom. The van der Waals surface area contributed by atoms with E-state index in [1.807, 2.05) is 0 Å². The molecule has 2 N–H and O–H groups in total. The van der Waals surface area contributed by atoms with E-state index in [2.05, 4.69) is 20.5 Å². The molecular weight excluding hydrogens is 578 g/mol. The molecule has 228 valence electrons. The quantitative estimate of drug-likeness (QED) is 0.442. The van der Waals surface area contributed by atoms with Crippen LogP contribution in [-0.4, -0.2) is 98.1 Å². The van der Waals surface area contributed by atoms with Crippen molar-refractivity contribution in [1.29, 1.82) is 0 Å². The smallest absolute Gasteiger partial charge is 0.255 e. The molecular formula is C31H35ClF2N6O3. The minimum absolute atomic E-state index is 0. The molecule has 0 bridgehead atoms. The summed E-state index contributed by atoms with van der Waals surface area (Å²) in [6.07, 6.45) is 2.32. The standard InChI is InChI=1S/C31H34F2N6O3.ClH/c32-24-3-1-21(2-4-24)28-17-23(19-36-29(28)42-27-5-6-35-20-27)31(41)39-13-11-38(12-14-39)30(40)22-15-25(33)18-26(16-22)37-9-7-34-8-10-37;/h1-4,15-19,27,34-35H,5-14,20H2;1H/t27-;/m0./s1. The van der Waals surface area contributed by atoms with Gasteiger partial charge in [-0.05, 0) is 54.9 Å². The molecule has 3 aliphatic heterocycles. The van der Waals surface area contributed by atoms with Crippen LogP contribution in [0.4, 0.5) is 14.5 Å². The minimum Gasteiger partial charge on any atom is -0.473 e. The van der Waals surface area contributed by atoms with Gasteiger partial charge in [-0.2, -0.15) is 0 Å². The molecule has 0 saturated carbocycles. The number of hydrogen-bond acceptors (Lipinski definition) is 7. The molecule has 3 fully saturated rings. The van der Waals surface area contributed by atoms with Gasteiger partial charge in [-0.25, -0.2) is 13.8 Å². The number of anilines is 1. The molecule has 9 nitrogen and oxygen atoms in total. The average molecular weight is 613 g/mol. The molecule has 0 aliphatic carbocycles. The third kappa shape index (κ3) is 7.06. The molecule has 12 heteroatoms. The normalized spacial score (nSPS) is 18.7. The highest BCUT2D eigenvalue weighted by atomic mass is 35.5. The fraction of sp³-hybridized carbons (Fsp3) is 0.387. The van der Waals surface area contributed by atoms with Crippen LogP contribution >= 0.6 is 12.4 Å². The molecule has 2 amide bonds. The van der Waals surface area contributed by atoms with E-state index >= 15 is 0 Å². The summed E-state index contributed by atoms with van der Waals surface area (Å²) in [5.74, 6) is -0.853. The third-order valence-corrected chi connectivity index (χ3v) is 8.01. The van der Waals surface area contributed by atoms with E-state index in [9.17, 15) is 18.4 Å². The Kier molecular flexibility index (Phi) is 9.74. The predicted molar refractivity (Wildman–Crippen MR) is 162 cm³/mol. The maximum Gasteiger partial charge on any atom is 0.255 e. The van der Waals surface area contributed by atoms with Crippen LogP contribution < -0.4 is 20.3 Å². The zero-order chi connectivity index (χ0) is 29.1.